The fraction of sp³-hybridized carbons (Fsp3) is 0.833. The zero-order valence-corrected chi connectivity index (χ0v) is 15.7. The second-order valence-corrected chi connectivity index (χ2v) is 7.59. The minimum Gasteiger partial charge on any atom is -0.352 e. The topological polar surface area (TPSA) is 74.5 Å². The predicted molar refractivity (Wildman–Crippen MR) is 94.9 cm³/mol. The highest BCUT2D eigenvalue weighted by Gasteiger charge is 2.29. The monoisotopic (exact) mass is 349 g/mol. The molecule has 7 nitrogen and oxygen atoms in total. The Morgan fingerprint density at radius 3 is 2.64 bits per heavy atom. The molecular weight excluding hydrogens is 318 g/mol. The number of nitrogens with zero attached hydrogens (tertiary/aromatic N) is 4. The van der Waals surface area contributed by atoms with E-state index in [1.165, 1.54) is 19.3 Å². The Labute approximate surface area is 150 Å². The zero-order valence-electron chi connectivity index (χ0n) is 15.7. The average molecular weight is 349 g/mol. The fourth-order valence-corrected chi connectivity index (χ4v) is 3.91. The molecule has 1 aliphatic carbocycles. The Morgan fingerprint density at radius 2 is 2.00 bits per heavy atom. The third kappa shape index (κ3) is 4.79. The van der Waals surface area contributed by atoms with Gasteiger partial charge in [-0.05, 0) is 25.7 Å². The van der Waals surface area contributed by atoms with Gasteiger partial charge in [0.1, 0.15) is 0 Å². The van der Waals surface area contributed by atoms with Gasteiger partial charge in [-0.15, -0.1) is 0 Å². The van der Waals surface area contributed by atoms with E-state index >= 15 is 0 Å². The van der Waals surface area contributed by atoms with Gasteiger partial charge in [0.2, 0.25) is 11.8 Å². The molecule has 25 heavy (non-hydrogen) atoms. The third-order valence-electron chi connectivity index (χ3n) is 5.71. The summed E-state index contributed by atoms with van der Waals surface area (Å²) >= 11 is 0. The van der Waals surface area contributed by atoms with Crippen LogP contribution in [0.5, 0.6) is 0 Å². The molecule has 3 atom stereocenters. The van der Waals surface area contributed by atoms with Crippen LogP contribution in [0, 0.1) is 12.8 Å². The van der Waals surface area contributed by atoms with Crippen LogP contribution in [-0.2, 0) is 11.3 Å². The molecule has 1 saturated carbocycles. The van der Waals surface area contributed by atoms with E-state index in [0.717, 1.165) is 38.4 Å². The van der Waals surface area contributed by atoms with Crippen molar-refractivity contribution in [2.45, 2.75) is 65.1 Å². The van der Waals surface area contributed by atoms with E-state index < -0.39 is 0 Å². The summed E-state index contributed by atoms with van der Waals surface area (Å²) in [5, 5.41) is 7.25. The van der Waals surface area contributed by atoms with Crippen molar-refractivity contribution in [1.82, 2.24) is 25.3 Å². The third-order valence-corrected chi connectivity index (χ3v) is 5.71. The molecule has 2 heterocycles. The maximum Gasteiger partial charge on any atom is 0.237 e. The SMILES string of the molecule is Cc1nc(CN2CCN([C@H](C)C(=O)N[C@H]3CCCC[C@H]3C)CC2)no1. The van der Waals surface area contributed by atoms with Gasteiger partial charge in [0, 0.05) is 39.1 Å². The van der Waals surface area contributed by atoms with E-state index in [-0.39, 0.29) is 11.9 Å². The first-order valence-electron chi connectivity index (χ1n) is 9.59. The summed E-state index contributed by atoms with van der Waals surface area (Å²) in [5.74, 6) is 2.13. The Balaban J connectivity index is 1.44. The molecule has 3 rings (SSSR count). The summed E-state index contributed by atoms with van der Waals surface area (Å²) in [5.41, 5.74) is 0. The van der Waals surface area contributed by atoms with Crippen molar-refractivity contribution in [3.8, 4) is 0 Å². The highest BCUT2D eigenvalue weighted by atomic mass is 16.5. The second-order valence-electron chi connectivity index (χ2n) is 7.59. The second kappa shape index (κ2) is 8.27. The first-order valence-corrected chi connectivity index (χ1v) is 9.59. The Kier molecular flexibility index (Phi) is 6.06. The van der Waals surface area contributed by atoms with Crippen LogP contribution >= 0.6 is 0 Å². The normalized spacial score (nSPS) is 27.2. The molecule has 0 aromatic carbocycles. The average Bonchev–Trinajstić information content (AvgIpc) is 3.02. The summed E-state index contributed by atoms with van der Waals surface area (Å²) < 4.78 is 5.03. The number of carbonyl (C=O) groups is 1. The van der Waals surface area contributed by atoms with Gasteiger partial charge in [-0.2, -0.15) is 4.98 Å². The molecular formula is C18H31N5O2. The number of aryl methyl sites for hydroxylation is 1. The molecule has 2 fully saturated rings. The van der Waals surface area contributed by atoms with Crippen LogP contribution in [0.4, 0.5) is 0 Å². The summed E-state index contributed by atoms with van der Waals surface area (Å²) in [6.45, 7) is 10.4. The van der Waals surface area contributed by atoms with E-state index in [1.54, 1.807) is 0 Å². The molecule has 0 unspecified atom stereocenters. The molecule has 1 aliphatic heterocycles. The lowest BCUT2D eigenvalue weighted by atomic mass is 9.86. The van der Waals surface area contributed by atoms with Crippen LogP contribution in [0.25, 0.3) is 0 Å². The number of hydrogen-bond acceptors (Lipinski definition) is 6. The van der Waals surface area contributed by atoms with Crippen LogP contribution in [0.2, 0.25) is 0 Å². The Morgan fingerprint density at radius 1 is 1.28 bits per heavy atom. The van der Waals surface area contributed by atoms with E-state index in [4.69, 9.17) is 4.52 Å². The maximum atomic E-state index is 12.6. The van der Waals surface area contributed by atoms with Gasteiger partial charge >= 0.3 is 0 Å². The zero-order chi connectivity index (χ0) is 17.8. The highest BCUT2D eigenvalue weighted by Crippen LogP contribution is 2.24. The molecule has 7 heteroatoms. The number of amides is 1. The quantitative estimate of drug-likeness (QED) is 0.870. The first-order chi connectivity index (χ1) is 12.0. The summed E-state index contributed by atoms with van der Waals surface area (Å²) in [6.07, 6.45) is 4.88. The Hall–Kier alpha value is -1.47. The van der Waals surface area contributed by atoms with Crippen LogP contribution in [0.15, 0.2) is 4.52 Å². The van der Waals surface area contributed by atoms with Gasteiger partial charge in [-0.25, -0.2) is 0 Å². The summed E-state index contributed by atoms with van der Waals surface area (Å²) in [4.78, 5) is 21.5. The van der Waals surface area contributed by atoms with Crippen molar-refractivity contribution in [1.29, 1.82) is 0 Å². The van der Waals surface area contributed by atoms with E-state index in [9.17, 15) is 4.79 Å². The van der Waals surface area contributed by atoms with Gasteiger partial charge in [0.25, 0.3) is 0 Å². The maximum absolute atomic E-state index is 12.6. The van der Waals surface area contributed by atoms with Crippen molar-refractivity contribution in [3.05, 3.63) is 11.7 Å². The molecule has 1 amide bonds. The number of aromatic nitrogens is 2. The molecule has 1 saturated heterocycles. The molecule has 0 radical (unpaired) electrons. The molecule has 1 aromatic rings. The Bertz CT molecular complexity index is 568. The van der Waals surface area contributed by atoms with Gasteiger partial charge in [0.05, 0.1) is 12.6 Å². The standard InChI is InChI=1S/C18H31N5O2/c1-13-6-4-5-7-16(13)20-18(24)14(2)23-10-8-22(9-11-23)12-17-19-15(3)25-21-17/h13-14,16H,4-12H2,1-3H3,(H,20,24)/t13-,14-,16+/m1/s1. The lowest BCUT2D eigenvalue weighted by Gasteiger charge is -2.38. The van der Waals surface area contributed by atoms with Crippen molar-refractivity contribution in [2.24, 2.45) is 5.92 Å². The first kappa shape index (κ1) is 18.3. The van der Waals surface area contributed by atoms with Gasteiger partial charge in [-0.3, -0.25) is 14.6 Å². The van der Waals surface area contributed by atoms with Crippen molar-refractivity contribution in [2.75, 3.05) is 26.2 Å². The predicted octanol–water partition coefficient (Wildman–Crippen LogP) is 1.58. The molecule has 140 valence electrons. The molecule has 0 spiro atoms. The van der Waals surface area contributed by atoms with Crippen LogP contribution in [-0.4, -0.2) is 64.1 Å². The van der Waals surface area contributed by atoms with E-state index in [2.05, 4.69) is 32.2 Å². The molecule has 2 aliphatic rings. The van der Waals surface area contributed by atoms with Crippen LogP contribution in [0.1, 0.15) is 51.2 Å². The van der Waals surface area contributed by atoms with Gasteiger partial charge in [-0.1, -0.05) is 24.9 Å². The summed E-state index contributed by atoms with van der Waals surface area (Å²) in [7, 11) is 0. The van der Waals surface area contributed by atoms with Crippen molar-refractivity contribution < 1.29 is 9.32 Å². The van der Waals surface area contributed by atoms with Crippen molar-refractivity contribution >= 4 is 5.91 Å². The number of hydrogen-bond donors (Lipinski definition) is 1. The van der Waals surface area contributed by atoms with Crippen molar-refractivity contribution in [3.63, 3.8) is 0 Å². The molecule has 1 aromatic heterocycles. The number of nitrogens with one attached hydrogen (secondary N) is 1. The number of carbonyl (C=O) groups excluding carboxylic acids is 1. The minimum absolute atomic E-state index is 0.0660. The van der Waals surface area contributed by atoms with E-state index in [0.29, 0.717) is 24.4 Å². The summed E-state index contributed by atoms with van der Waals surface area (Å²) in [6, 6.07) is 0.287. The number of rotatable bonds is 5. The smallest absolute Gasteiger partial charge is 0.237 e. The lowest BCUT2D eigenvalue weighted by Crippen LogP contribution is -2.55. The minimum atomic E-state index is -0.0660. The lowest BCUT2D eigenvalue weighted by molar-refractivity contribution is -0.127. The van der Waals surface area contributed by atoms with Gasteiger partial charge < -0.3 is 9.84 Å². The van der Waals surface area contributed by atoms with Gasteiger partial charge in [0.15, 0.2) is 5.82 Å². The van der Waals surface area contributed by atoms with Crippen LogP contribution < -0.4 is 5.32 Å². The van der Waals surface area contributed by atoms with E-state index in [1.807, 2.05) is 13.8 Å². The van der Waals surface area contributed by atoms with Crippen LogP contribution in [0.3, 0.4) is 0 Å². The fourth-order valence-electron chi connectivity index (χ4n) is 3.91. The number of piperazine rings is 1. The molecule has 0 bridgehead atoms. The molecule has 1 N–H and O–H groups in total. The highest BCUT2D eigenvalue weighted by molar-refractivity contribution is 5.81. The largest absolute Gasteiger partial charge is 0.352 e.